The van der Waals surface area contributed by atoms with Gasteiger partial charge in [0, 0.05) is 5.69 Å². The maximum atomic E-state index is 12.6. The molecule has 3 nitrogen and oxygen atoms in total. The Morgan fingerprint density at radius 2 is 1.70 bits per heavy atom. The summed E-state index contributed by atoms with van der Waals surface area (Å²) in [5.74, 6) is 0. The fourth-order valence-corrected chi connectivity index (χ4v) is 2.62. The number of anilines is 1. The van der Waals surface area contributed by atoms with Gasteiger partial charge in [-0.05, 0) is 36.2 Å². The Hall–Kier alpha value is -2.50. The summed E-state index contributed by atoms with van der Waals surface area (Å²) in [5, 5.41) is 0. The molecule has 1 fully saturated rings. The minimum Gasteiger partial charge on any atom is -0.447 e. The predicted molar refractivity (Wildman–Crippen MR) is 79.2 cm³/mol. The van der Waals surface area contributed by atoms with E-state index in [0.29, 0.717) is 12.1 Å². The number of benzene rings is 2. The van der Waals surface area contributed by atoms with Gasteiger partial charge in [0.15, 0.2) is 0 Å². The number of carbonyl (C=O) groups excluding carboxylic acids is 1. The van der Waals surface area contributed by atoms with E-state index in [0.717, 1.165) is 17.7 Å². The summed E-state index contributed by atoms with van der Waals surface area (Å²) in [7, 11) is 0. The summed E-state index contributed by atoms with van der Waals surface area (Å²) in [5.41, 5.74) is 0.697. The molecule has 1 unspecified atom stereocenters. The Bertz CT molecular complexity index is 683. The van der Waals surface area contributed by atoms with Gasteiger partial charge in [0.05, 0.1) is 11.6 Å². The molecule has 6 heteroatoms. The first kappa shape index (κ1) is 15.4. The zero-order valence-corrected chi connectivity index (χ0v) is 12.1. The Morgan fingerprint density at radius 3 is 2.30 bits per heavy atom. The average Bonchev–Trinajstić information content (AvgIpc) is 2.88. The lowest BCUT2D eigenvalue weighted by Crippen LogP contribution is -2.35. The lowest BCUT2D eigenvalue weighted by molar-refractivity contribution is -0.137. The van der Waals surface area contributed by atoms with Crippen LogP contribution in [0.3, 0.4) is 0 Å². The van der Waals surface area contributed by atoms with Crippen LogP contribution >= 0.6 is 0 Å². The van der Waals surface area contributed by atoms with Crippen LogP contribution in [0.15, 0.2) is 54.6 Å². The van der Waals surface area contributed by atoms with Gasteiger partial charge >= 0.3 is 12.3 Å². The second-order valence-electron chi connectivity index (χ2n) is 5.34. The molecule has 1 aliphatic rings. The van der Waals surface area contributed by atoms with Crippen LogP contribution in [-0.2, 0) is 17.3 Å². The van der Waals surface area contributed by atoms with Crippen molar-refractivity contribution in [2.45, 2.75) is 18.6 Å². The van der Waals surface area contributed by atoms with E-state index in [-0.39, 0.29) is 12.6 Å². The molecule has 1 saturated heterocycles. The van der Waals surface area contributed by atoms with Crippen molar-refractivity contribution in [2.24, 2.45) is 0 Å². The van der Waals surface area contributed by atoms with Crippen molar-refractivity contribution in [2.75, 3.05) is 11.5 Å². The molecular weight excluding hydrogens is 307 g/mol. The first-order valence-corrected chi connectivity index (χ1v) is 7.12. The van der Waals surface area contributed by atoms with Gasteiger partial charge in [-0.15, -0.1) is 0 Å². The predicted octanol–water partition coefficient (Wildman–Crippen LogP) is 4.27. The Morgan fingerprint density at radius 1 is 1.04 bits per heavy atom. The van der Waals surface area contributed by atoms with Crippen LogP contribution in [0.2, 0.25) is 0 Å². The number of alkyl halides is 3. The quantitative estimate of drug-likeness (QED) is 0.845. The average molecular weight is 321 g/mol. The van der Waals surface area contributed by atoms with E-state index in [4.69, 9.17) is 4.74 Å². The van der Waals surface area contributed by atoms with Crippen LogP contribution in [0.5, 0.6) is 0 Å². The highest BCUT2D eigenvalue weighted by molar-refractivity contribution is 5.90. The van der Waals surface area contributed by atoms with Crippen molar-refractivity contribution < 1.29 is 22.7 Å². The van der Waals surface area contributed by atoms with E-state index in [1.807, 2.05) is 30.3 Å². The topological polar surface area (TPSA) is 29.5 Å². The smallest absolute Gasteiger partial charge is 0.416 e. The van der Waals surface area contributed by atoms with Gasteiger partial charge in [-0.2, -0.15) is 13.2 Å². The van der Waals surface area contributed by atoms with E-state index >= 15 is 0 Å². The molecule has 2 aromatic rings. The van der Waals surface area contributed by atoms with Crippen LogP contribution < -0.4 is 4.90 Å². The molecule has 23 heavy (non-hydrogen) atoms. The summed E-state index contributed by atoms with van der Waals surface area (Å²) >= 11 is 0. The summed E-state index contributed by atoms with van der Waals surface area (Å²) < 4.78 is 43.0. The van der Waals surface area contributed by atoms with Crippen LogP contribution in [0.4, 0.5) is 23.7 Å². The molecule has 1 aliphatic heterocycles. The summed E-state index contributed by atoms with van der Waals surface area (Å²) in [6.45, 7) is 0.217. The standard InChI is InChI=1S/C17H14F3NO2/c18-17(19,20)13-6-8-14(9-7-13)21-15(11-23-16(21)22)10-12-4-2-1-3-5-12/h1-9,15H,10-11H2. The SMILES string of the molecule is O=C1OCC(Cc2ccccc2)N1c1ccc(C(F)(F)F)cc1. The lowest BCUT2D eigenvalue weighted by atomic mass is 10.1. The molecule has 0 spiro atoms. The first-order chi connectivity index (χ1) is 10.9. The molecule has 120 valence electrons. The van der Waals surface area contributed by atoms with E-state index in [2.05, 4.69) is 0 Å². The Kier molecular flexibility index (Phi) is 3.98. The second kappa shape index (κ2) is 5.95. The van der Waals surface area contributed by atoms with Gasteiger partial charge < -0.3 is 4.74 Å². The van der Waals surface area contributed by atoms with Gasteiger partial charge in [0.25, 0.3) is 0 Å². The largest absolute Gasteiger partial charge is 0.447 e. The van der Waals surface area contributed by atoms with Gasteiger partial charge in [-0.1, -0.05) is 30.3 Å². The van der Waals surface area contributed by atoms with Crippen molar-refractivity contribution in [1.29, 1.82) is 0 Å². The highest BCUT2D eigenvalue weighted by atomic mass is 19.4. The molecule has 1 atom stereocenters. The van der Waals surface area contributed by atoms with Crippen LogP contribution in [0, 0.1) is 0 Å². The third kappa shape index (κ3) is 3.31. The van der Waals surface area contributed by atoms with Gasteiger partial charge in [-0.3, -0.25) is 4.90 Å². The highest BCUT2D eigenvalue weighted by Gasteiger charge is 2.35. The normalized spacial score (nSPS) is 18.1. The fraction of sp³-hybridized carbons (Fsp3) is 0.235. The zero-order valence-electron chi connectivity index (χ0n) is 12.1. The Labute approximate surface area is 131 Å². The number of ether oxygens (including phenoxy) is 1. The number of amides is 1. The zero-order chi connectivity index (χ0) is 16.4. The van der Waals surface area contributed by atoms with E-state index in [9.17, 15) is 18.0 Å². The number of rotatable bonds is 3. The summed E-state index contributed by atoms with van der Waals surface area (Å²) in [4.78, 5) is 13.3. The monoisotopic (exact) mass is 321 g/mol. The van der Waals surface area contributed by atoms with Crippen molar-refractivity contribution in [3.8, 4) is 0 Å². The number of nitrogens with zero attached hydrogens (tertiary/aromatic N) is 1. The minimum absolute atomic E-state index is 0.217. The van der Waals surface area contributed by atoms with Gasteiger partial charge in [-0.25, -0.2) is 4.79 Å². The number of cyclic esters (lactones) is 1. The molecule has 0 N–H and O–H groups in total. The summed E-state index contributed by atoms with van der Waals surface area (Å²) in [6, 6.07) is 13.9. The molecule has 2 aromatic carbocycles. The van der Waals surface area contributed by atoms with Gasteiger partial charge in [0.1, 0.15) is 6.61 Å². The Balaban J connectivity index is 1.82. The van der Waals surface area contributed by atoms with E-state index in [1.54, 1.807) is 0 Å². The number of hydrogen-bond acceptors (Lipinski definition) is 2. The molecule has 1 heterocycles. The van der Waals surface area contributed by atoms with Crippen LogP contribution in [0.25, 0.3) is 0 Å². The molecule has 1 amide bonds. The van der Waals surface area contributed by atoms with Crippen molar-refractivity contribution >= 4 is 11.8 Å². The fourth-order valence-electron chi connectivity index (χ4n) is 2.62. The molecule has 0 aliphatic carbocycles. The molecule has 3 rings (SSSR count). The maximum Gasteiger partial charge on any atom is 0.416 e. The minimum atomic E-state index is -4.40. The molecule has 0 saturated carbocycles. The lowest BCUT2D eigenvalue weighted by Gasteiger charge is -2.22. The molecular formula is C17H14F3NO2. The van der Waals surface area contributed by atoms with Gasteiger partial charge in [0.2, 0.25) is 0 Å². The molecule has 0 radical (unpaired) electrons. The third-order valence-corrected chi connectivity index (χ3v) is 3.75. The number of hydrogen-bond donors (Lipinski definition) is 0. The van der Waals surface area contributed by atoms with Crippen molar-refractivity contribution in [3.63, 3.8) is 0 Å². The molecule has 0 bridgehead atoms. The second-order valence-corrected chi connectivity index (χ2v) is 5.34. The number of halogens is 3. The van der Waals surface area contributed by atoms with Crippen LogP contribution in [0.1, 0.15) is 11.1 Å². The third-order valence-electron chi connectivity index (χ3n) is 3.75. The van der Waals surface area contributed by atoms with E-state index < -0.39 is 17.8 Å². The highest BCUT2D eigenvalue weighted by Crippen LogP contribution is 2.32. The summed E-state index contributed by atoms with van der Waals surface area (Å²) in [6.07, 6.45) is -4.35. The molecule has 0 aromatic heterocycles. The first-order valence-electron chi connectivity index (χ1n) is 7.12. The maximum absolute atomic E-state index is 12.6. The van der Waals surface area contributed by atoms with Crippen molar-refractivity contribution in [1.82, 2.24) is 0 Å². The van der Waals surface area contributed by atoms with Crippen molar-refractivity contribution in [3.05, 3.63) is 65.7 Å². The van der Waals surface area contributed by atoms with E-state index in [1.165, 1.54) is 17.0 Å². The number of carbonyl (C=O) groups is 1. The van der Waals surface area contributed by atoms with Crippen LogP contribution in [-0.4, -0.2) is 18.7 Å².